The molecule has 0 fully saturated rings. The zero-order valence-corrected chi connectivity index (χ0v) is 19.9. The van der Waals surface area contributed by atoms with Crippen LogP contribution >= 0.6 is 11.8 Å². The number of aliphatic carboxylic acids is 1. The molecule has 2 aromatic heterocycles. The molecule has 14 nitrogen and oxygen atoms in total. The molecule has 0 saturated heterocycles. The van der Waals surface area contributed by atoms with Gasteiger partial charge in [-0.05, 0) is 18.4 Å². The molecule has 35 heavy (non-hydrogen) atoms. The Balaban J connectivity index is 2.07. The highest BCUT2D eigenvalue weighted by atomic mass is 32.2. The van der Waals surface area contributed by atoms with Crippen molar-refractivity contribution in [1.82, 2.24) is 35.9 Å². The van der Waals surface area contributed by atoms with E-state index in [1.165, 1.54) is 36.8 Å². The Labute approximate surface area is 205 Å². The smallest absolute Gasteiger partial charge is 0.326 e. The van der Waals surface area contributed by atoms with Crippen LogP contribution in [0.2, 0.25) is 0 Å². The second-order valence-electron chi connectivity index (χ2n) is 7.65. The van der Waals surface area contributed by atoms with Crippen LogP contribution in [0.5, 0.6) is 0 Å². The van der Waals surface area contributed by atoms with Gasteiger partial charge in [0.2, 0.25) is 17.7 Å². The minimum absolute atomic E-state index is 0.000404. The highest BCUT2D eigenvalue weighted by Crippen LogP contribution is 2.04. The van der Waals surface area contributed by atoms with Crippen LogP contribution in [0.1, 0.15) is 17.8 Å². The quantitative estimate of drug-likeness (QED) is 0.126. The van der Waals surface area contributed by atoms with Crippen LogP contribution in [-0.4, -0.2) is 96.6 Å². The van der Waals surface area contributed by atoms with E-state index >= 15 is 0 Å². The maximum atomic E-state index is 13.0. The number of carboxylic acid groups (broad SMARTS) is 1. The SMILES string of the molecule is CSCCC(NC(=O)C(CO)NC(=O)C(Cc1cnc[nH]1)NC(=O)C(N)Cc1cnc[nH]1)C(=O)O. The first kappa shape index (κ1) is 27.8. The average molecular weight is 511 g/mol. The van der Waals surface area contributed by atoms with Crippen molar-refractivity contribution >= 4 is 35.5 Å². The third-order valence-corrected chi connectivity index (χ3v) is 5.63. The molecule has 0 spiro atoms. The Bertz CT molecular complexity index is 955. The van der Waals surface area contributed by atoms with Gasteiger partial charge in [-0.3, -0.25) is 14.4 Å². The summed E-state index contributed by atoms with van der Waals surface area (Å²) in [6, 6.07) is -4.76. The molecule has 4 unspecified atom stereocenters. The van der Waals surface area contributed by atoms with Gasteiger partial charge in [0.1, 0.15) is 18.1 Å². The number of nitrogens with one attached hydrogen (secondary N) is 5. The number of aromatic nitrogens is 4. The van der Waals surface area contributed by atoms with Crippen molar-refractivity contribution in [3.8, 4) is 0 Å². The number of aliphatic hydroxyl groups is 1. The Morgan fingerprint density at radius 2 is 1.49 bits per heavy atom. The lowest BCUT2D eigenvalue weighted by Gasteiger charge is -2.24. The van der Waals surface area contributed by atoms with Crippen LogP contribution in [-0.2, 0) is 32.0 Å². The lowest BCUT2D eigenvalue weighted by atomic mass is 10.1. The van der Waals surface area contributed by atoms with Crippen LogP contribution in [0.25, 0.3) is 0 Å². The van der Waals surface area contributed by atoms with E-state index in [4.69, 9.17) is 5.73 Å². The molecule has 2 rings (SSSR count). The lowest BCUT2D eigenvalue weighted by molar-refractivity contribution is -0.142. The van der Waals surface area contributed by atoms with E-state index in [-0.39, 0.29) is 19.3 Å². The molecule has 0 bridgehead atoms. The summed E-state index contributed by atoms with van der Waals surface area (Å²) in [5.41, 5.74) is 7.12. The number of thioether (sulfide) groups is 1. The summed E-state index contributed by atoms with van der Waals surface area (Å²) in [5, 5.41) is 26.2. The number of hydrogen-bond donors (Lipinski definition) is 8. The number of carbonyl (C=O) groups is 4. The lowest BCUT2D eigenvalue weighted by Crippen LogP contribution is -2.58. The van der Waals surface area contributed by atoms with Gasteiger partial charge < -0.3 is 41.9 Å². The Morgan fingerprint density at radius 1 is 0.943 bits per heavy atom. The van der Waals surface area contributed by atoms with Gasteiger partial charge in [0, 0.05) is 36.6 Å². The molecule has 3 amide bonds. The van der Waals surface area contributed by atoms with Crippen molar-refractivity contribution in [1.29, 1.82) is 0 Å². The number of nitrogens with two attached hydrogens (primary N) is 1. The number of hydrogen-bond acceptors (Lipinski definition) is 9. The third-order valence-electron chi connectivity index (χ3n) is 4.98. The molecule has 0 aliphatic heterocycles. The molecule has 0 aromatic carbocycles. The first-order valence-electron chi connectivity index (χ1n) is 10.7. The van der Waals surface area contributed by atoms with Gasteiger partial charge in [0.25, 0.3) is 0 Å². The van der Waals surface area contributed by atoms with Gasteiger partial charge in [-0.25, -0.2) is 14.8 Å². The summed E-state index contributed by atoms with van der Waals surface area (Å²) in [6.07, 6.45) is 7.96. The monoisotopic (exact) mass is 510 g/mol. The molecule has 2 heterocycles. The van der Waals surface area contributed by atoms with Crippen molar-refractivity contribution in [3.63, 3.8) is 0 Å². The fourth-order valence-corrected chi connectivity index (χ4v) is 3.53. The number of imidazole rings is 2. The number of nitrogens with zero attached hydrogens (tertiary/aromatic N) is 2. The predicted molar refractivity (Wildman–Crippen MR) is 126 cm³/mol. The number of aromatic amines is 2. The van der Waals surface area contributed by atoms with E-state index in [0.29, 0.717) is 17.1 Å². The maximum absolute atomic E-state index is 13.0. The molecule has 4 atom stereocenters. The fourth-order valence-electron chi connectivity index (χ4n) is 3.06. The largest absolute Gasteiger partial charge is 0.480 e. The van der Waals surface area contributed by atoms with E-state index in [0.717, 1.165) is 0 Å². The minimum Gasteiger partial charge on any atom is -0.480 e. The molecule has 192 valence electrons. The zero-order chi connectivity index (χ0) is 25.8. The summed E-state index contributed by atoms with van der Waals surface area (Å²) in [4.78, 5) is 63.0. The van der Waals surface area contributed by atoms with Crippen molar-refractivity contribution in [2.24, 2.45) is 5.73 Å². The number of carboxylic acids is 1. The Kier molecular flexibility index (Phi) is 11.2. The van der Waals surface area contributed by atoms with Gasteiger partial charge in [-0.15, -0.1) is 0 Å². The van der Waals surface area contributed by atoms with Gasteiger partial charge >= 0.3 is 5.97 Å². The van der Waals surface area contributed by atoms with Crippen LogP contribution in [0.15, 0.2) is 25.0 Å². The maximum Gasteiger partial charge on any atom is 0.326 e. The van der Waals surface area contributed by atoms with E-state index in [1.54, 1.807) is 6.26 Å². The predicted octanol–water partition coefficient (Wildman–Crippen LogP) is -2.47. The summed E-state index contributed by atoms with van der Waals surface area (Å²) in [5.74, 6) is -2.99. The topological polar surface area (TPSA) is 228 Å². The summed E-state index contributed by atoms with van der Waals surface area (Å²) in [7, 11) is 0. The summed E-state index contributed by atoms with van der Waals surface area (Å²) in [6.45, 7) is -0.781. The normalized spacial score (nSPS) is 14.4. The fraction of sp³-hybridized carbons (Fsp3) is 0.500. The first-order chi connectivity index (χ1) is 16.7. The zero-order valence-electron chi connectivity index (χ0n) is 19.1. The molecule has 0 aliphatic carbocycles. The van der Waals surface area contributed by atoms with Crippen molar-refractivity contribution in [2.45, 2.75) is 43.4 Å². The van der Waals surface area contributed by atoms with E-state index in [9.17, 15) is 29.4 Å². The van der Waals surface area contributed by atoms with Crippen LogP contribution in [0, 0.1) is 0 Å². The molecule has 0 saturated carbocycles. The number of amides is 3. The molecule has 15 heteroatoms. The highest BCUT2D eigenvalue weighted by Gasteiger charge is 2.30. The number of carbonyl (C=O) groups excluding carboxylic acids is 3. The number of aliphatic hydroxyl groups excluding tert-OH is 1. The summed E-state index contributed by atoms with van der Waals surface area (Å²) >= 11 is 1.42. The van der Waals surface area contributed by atoms with E-state index in [1.807, 2.05) is 0 Å². The molecule has 0 radical (unpaired) electrons. The van der Waals surface area contributed by atoms with Crippen LogP contribution in [0.4, 0.5) is 0 Å². The Hall–Kier alpha value is -3.43. The average Bonchev–Trinajstić information content (AvgIpc) is 3.53. The molecule has 9 N–H and O–H groups in total. The van der Waals surface area contributed by atoms with E-state index < -0.39 is 54.5 Å². The van der Waals surface area contributed by atoms with Gasteiger partial charge in [0.05, 0.1) is 25.3 Å². The van der Waals surface area contributed by atoms with Crippen LogP contribution < -0.4 is 21.7 Å². The molecule has 2 aromatic rings. The van der Waals surface area contributed by atoms with Crippen LogP contribution in [0.3, 0.4) is 0 Å². The second kappa shape index (κ2) is 14.1. The molecule has 0 aliphatic rings. The Morgan fingerprint density at radius 3 is 2.00 bits per heavy atom. The van der Waals surface area contributed by atoms with Gasteiger partial charge in [-0.2, -0.15) is 11.8 Å². The summed E-state index contributed by atoms with van der Waals surface area (Å²) < 4.78 is 0. The van der Waals surface area contributed by atoms with Gasteiger partial charge in [0.15, 0.2) is 0 Å². The molecular formula is C20H30N8O6S. The van der Waals surface area contributed by atoms with Crippen molar-refractivity contribution in [2.75, 3.05) is 18.6 Å². The van der Waals surface area contributed by atoms with Crippen molar-refractivity contribution < 1.29 is 29.4 Å². The second-order valence-corrected chi connectivity index (χ2v) is 8.64. The number of H-pyrrole nitrogens is 2. The van der Waals surface area contributed by atoms with E-state index in [2.05, 4.69) is 35.9 Å². The van der Waals surface area contributed by atoms with Crippen molar-refractivity contribution in [3.05, 3.63) is 36.4 Å². The number of rotatable bonds is 15. The standard InChI is InChI=1S/C20H30N8O6S/c1-35-3-2-14(20(33)34)26-19(32)16(8-29)28-18(31)15(5-12-7-23-10-25-12)27-17(30)13(21)4-11-6-22-9-24-11/h6-7,9-10,13-16,29H,2-5,8,21H2,1H3,(H,22,24)(H,23,25)(H,26,32)(H,27,30)(H,28,31)(H,33,34). The minimum atomic E-state index is -1.43. The third kappa shape index (κ3) is 9.03. The first-order valence-corrected chi connectivity index (χ1v) is 12.1. The molecular weight excluding hydrogens is 480 g/mol. The highest BCUT2D eigenvalue weighted by molar-refractivity contribution is 7.98. The van der Waals surface area contributed by atoms with Gasteiger partial charge in [-0.1, -0.05) is 0 Å².